The lowest BCUT2D eigenvalue weighted by Gasteiger charge is -2.12. The van der Waals surface area contributed by atoms with Gasteiger partial charge in [0.05, 0.1) is 32.5 Å². The quantitative estimate of drug-likeness (QED) is 0.169. The number of benzene rings is 10. The maximum absolute atomic E-state index is 2.52. The SMILES string of the molecule is c1ccc2c(-c3ccc(-n4c5ccccc5c5cc(-c6ccc7c(c6)c6ccc8ccccc8c6n7-c6cccc7c6sc6ccccc67)ccc54)cc3)cccc2c1. The molecule has 0 aliphatic carbocycles. The van der Waals surface area contributed by atoms with Crippen LogP contribution < -0.4 is 0 Å². The van der Waals surface area contributed by atoms with Crippen LogP contribution >= 0.6 is 11.3 Å². The number of para-hydroxylation sites is 1. The van der Waals surface area contributed by atoms with Crippen LogP contribution in [0.15, 0.2) is 206 Å². The average Bonchev–Trinajstić information content (AvgIpc) is 3.96. The maximum atomic E-state index is 2.52. The number of rotatable bonds is 4. The van der Waals surface area contributed by atoms with Crippen LogP contribution in [0.3, 0.4) is 0 Å². The van der Waals surface area contributed by atoms with Crippen LogP contribution in [0.2, 0.25) is 0 Å². The molecule has 3 heteroatoms. The van der Waals surface area contributed by atoms with E-state index in [0.717, 1.165) is 5.69 Å². The van der Waals surface area contributed by atoms with E-state index in [0.29, 0.717) is 0 Å². The van der Waals surface area contributed by atoms with Crippen molar-refractivity contribution in [1.82, 2.24) is 9.13 Å². The van der Waals surface area contributed by atoms with Gasteiger partial charge in [0.25, 0.3) is 0 Å². The zero-order chi connectivity index (χ0) is 38.6. The molecule has 0 aliphatic heterocycles. The topological polar surface area (TPSA) is 9.86 Å². The van der Waals surface area contributed by atoms with Crippen LogP contribution in [-0.4, -0.2) is 9.13 Å². The minimum absolute atomic E-state index is 1.16. The Bertz CT molecular complexity index is 3840. The molecule has 0 radical (unpaired) electrons. The summed E-state index contributed by atoms with van der Waals surface area (Å²) < 4.78 is 7.57. The van der Waals surface area contributed by atoms with E-state index >= 15 is 0 Å². The lowest BCUT2D eigenvalue weighted by atomic mass is 9.98. The third-order valence-corrected chi connectivity index (χ3v) is 13.7. The van der Waals surface area contributed by atoms with E-state index in [1.165, 1.54) is 113 Å². The summed E-state index contributed by atoms with van der Waals surface area (Å²) in [6, 6.07) is 76.2. The van der Waals surface area contributed by atoms with Crippen LogP contribution in [0.4, 0.5) is 0 Å². The number of aromatic nitrogens is 2. The highest BCUT2D eigenvalue weighted by atomic mass is 32.1. The zero-order valence-corrected chi connectivity index (χ0v) is 32.7. The van der Waals surface area contributed by atoms with Gasteiger partial charge in [0.1, 0.15) is 0 Å². The molecule has 10 aromatic carbocycles. The molecule has 3 aromatic heterocycles. The van der Waals surface area contributed by atoms with Crippen molar-refractivity contribution in [1.29, 1.82) is 0 Å². The summed E-state index contributed by atoms with van der Waals surface area (Å²) in [5.41, 5.74) is 12.2. The molecule has 3 heterocycles. The van der Waals surface area contributed by atoms with Gasteiger partial charge in [-0.1, -0.05) is 152 Å². The summed E-state index contributed by atoms with van der Waals surface area (Å²) in [6.07, 6.45) is 0. The van der Waals surface area contributed by atoms with Crippen molar-refractivity contribution in [3.63, 3.8) is 0 Å². The van der Waals surface area contributed by atoms with Gasteiger partial charge in [0.15, 0.2) is 0 Å². The van der Waals surface area contributed by atoms with Crippen molar-refractivity contribution in [2.75, 3.05) is 0 Å². The Labute approximate surface area is 344 Å². The fourth-order valence-corrected chi connectivity index (χ4v) is 11.0. The van der Waals surface area contributed by atoms with E-state index in [-0.39, 0.29) is 0 Å². The van der Waals surface area contributed by atoms with Crippen LogP contribution in [-0.2, 0) is 0 Å². The summed E-state index contributed by atoms with van der Waals surface area (Å²) >= 11 is 1.89. The number of thiophene rings is 1. The van der Waals surface area contributed by atoms with Crippen molar-refractivity contribution in [2.45, 2.75) is 0 Å². The monoisotopic (exact) mass is 766 g/mol. The van der Waals surface area contributed by atoms with Crippen molar-refractivity contribution in [3.05, 3.63) is 206 Å². The van der Waals surface area contributed by atoms with Gasteiger partial charge in [-0.3, -0.25) is 0 Å². The van der Waals surface area contributed by atoms with Crippen LogP contribution in [0.25, 0.3) is 119 Å². The summed E-state index contributed by atoms with van der Waals surface area (Å²) in [7, 11) is 0. The van der Waals surface area contributed by atoms with Gasteiger partial charge >= 0.3 is 0 Å². The molecule has 0 aliphatic rings. The molecule has 0 bridgehead atoms. The van der Waals surface area contributed by atoms with Crippen molar-refractivity contribution >= 4 is 96.7 Å². The van der Waals surface area contributed by atoms with E-state index in [4.69, 9.17) is 0 Å². The van der Waals surface area contributed by atoms with Gasteiger partial charge in [0, 0.05) is 48.1 Å². The van der Waals surface area contributed by atoms with E-state index in [9.17, 15) is 0 Å². The summed E-state index contributed by atoms with van der Waals surface area (Å²) in [5, 5.41) is 12.7. The highest BCUT2D eigenvalue weighted by Gasteiger charge is 2.20. The van der Waals surface area contributed by atoms with Crippen LogP contribution in [0.5, 0.6) is 0 Å². The molecule has 2 nitrogen and oxygen atoms in total. The van der Waals surface area contributed by atoms with E-state index in [1.807, 2.05) is 11.3 Å². The fourth-order valence-electron chi connectivity index (χ4n) is 9.82. The zero-order valence-electron chi connectivity index (χ0n) is 31.9. The Hall–Kier alpha value is -7.46. The van der Waals surface area contributed by atoms with Gasteiger partial charge in [0.2, 0.25) is 0 Å². The standard InChI is InChI=1S/C56H34N2S/c1-3-14-41-35(11-1)13-9-18-42(41)37-23-28-40(29-24-37)57-50-20-7-5-16-44(50)48-33-38(26-31-51(48)57)39-27-32-52-49(34-39)46-30-25-36-12-2-4-15-43(36)55(46)58(52)53-21-10-19-47-45-17-6-8-22-54(45)59-56(47)53/h1-34H. The predicted octanol–water partition coefficient (Wildman–Crippen LogP) is 15.9. The molecule has 0 amide bonds. The Morgan fingerprint density at radius 1 is 0.322 bits per heavy atom. The van der Waals surface area contributed by atoms with E-state index in [2.05, 4.69) is 215 Å². The number of fused-ring (bicyclic) bond motifs is 12. The second-order valence-corrected chi connectivity index (χ2v) is 16.7. The van der Waals surface area contributed by atoms with Crippen molar-refractivity contribution in [3.8, 4) is 33.6 Å². The summed E-state index contributed by atoms with van der Waals surface area (Å²) in [5.74, 6) is 0. The van der Waals surface area contributed by atoms with E-state index < -0.39 is 0 Å². The number of nitrogens with zero attached hydrogens (tertiary/aromatic N) is 2. The van der Waals surface area contributed by atoms with Gasteiger partial charge in [-0.25, -0.2) is 0 Å². The van der Waals surface area contributed by atoms with Gasteiger partial charge in [-0.05, 0) is 93.0 Å². The Kier molecular flexibility index (Phi) is 6.92. The Morgan fingerprint density at radius 2 is 0.898 bits per heavy atom. The minimum Gasteiger partial charge on any atom is -0.309 e. The van der Waals surface area contributed by atoms with Gasteiger partial charge in [-0.15, -0.1) is 11.3 Å². The lowest BCUT2D eigenvalue weighted by molar-refractivity contribution is 1.18. The first-order valence-electron chi connectivity index (χ1n) is 20.3. The third kappa shape index (κ3) is 4.80. The molecule has 13 rings (SSSR count). The molecule has 0 saturated heterocycles. The molecule has 274 valence electrons. The predicted molar refractivity (Wildman–Crippen MR) is 254 cm³/mol. The smallest absolute Gasteiger partial charge is 0.0641 e. The number of hydrogen-bond donors (Lipinski definition) is 0. The molecular weight excluding hydrogens is 733 g/mol. The minimum atomic E-state index is 1.16. The molecule has 0 spiro atoms. The van der Waals surface area contributed by atoms with Gasteiger partial charge in [-0.2, -0.15) is 0 Å². The maximum Gasteiger partial charge on any atom is 0.0641 e. The van der Waals surface area contributed by atoms with Crippen molar-refractivity contribution < 1.29 is 0 Å². The van der Waals surface area contributed by atoms with E-state index in [1.54, 1.807) is 0 Å². The Balaban J connectivity index is 0.985. The summed E-state index contributed by atoms with van der Waals surface area (Å²) in [6.45, 7) is 0. The van der Waals surface area contributed by atoms with Crippen LogP contribution in [0, 0.1) is 0 Å². The molecule has 0 saturated carbocycles. The molecular formula is C56H34N2S. The molecule has 0 unspecified atom stereocenters. The molecule has 13 aromatic rings. The first-order valence-corrected chi connectivity index (χ1v) is 21.1. The fraction of sp³-hybridized carbons (Fsp3) is 0. The second kappa shape index (κ2) is 12.5. The molecule has 59 heavy (non-hydrogen) atoms. The first kappa shape index (κ1) is 32.6. The molecule has 0 N–H and O–H groups in total. The molecule has 0 fully saturated rings. The van der Waals surface area contributed by atoms with Gasteiger partial charge < -0.3 is 9.13 Å². The third-order valence-electron chi connectivity index (χ3n) is 12.5. The largest absolute Gasteiger partial charge is 0.309 e. The van der Waals surface area contributed by atoms with Crippen LogP contribution in [0.1, 0.15) is 0 Å². The first-order chi connectivity index (χ1) is 29.3. The lowest BCUT2D eigenvalue weighted by Crippen LogP contribution is -1.95. The number of hydrogen-bond acceptors (Lipinski definition) is 1. The highest BCUT2D eigenvalue weighted by molar-refractivity contribution is 7.26. The normalized spacial score (nSPS) is 12.1. The second-order valence-electron chi connectivity index (χ2n) is 15.7. The highest BCUT2D eigenvalue weighted by Crippen LogP contribution is 2.44. The summed E-state index contributed by atoms with van der Waals surface area (Å²) in [4.78, 5) is 0. The van der Waals surface area contributed by atoms with Crippen molar-refractivity contribution in [2.24, 2.45) is 0 Å². The Morgan fingerprint density at radius 3 is 1.71 bits per heavy atom. The molecule has 0 atom stereocenters. The average molecular weight is 767 g/mol.